The number of hydrogen-bond acceptors (Lipinski definition) is 5. The van der Waals surface area contributed by atoms with Crippen LogP contribution in [-0.2, 0) is 9.84 Å². The average Bonchev–Trinajstić information content (AvgIpc) is 2.27. The molecule has 1 aromatic carbocycles. The lowest BCUT2D eigenvalue weighted by molar-refractivity contribution is 0.291. The SMILES string of the molecule is COc1ccc(Cl)cc1S(=O)(=O)C(N)CO. The number of benzene rings is 1. The van der Waals surface area contributed by atoms with Crippen LogP contribution in [0.5, 0.6) is 5.75 Å². The Hall–Kier alpha value is -0.820. The third-order valence-electron chi connectivity index (χ3n) is 2.01. The largest absolute Gasteiger partial charge is 0.495 e. The Bertz CT molecular complexity index is 474. The fourth-order valence-corrected chi connectivity index (χ4v) is 2.62. The summed E-state index contributed by atoms with van der Waals surface area (Å²) >= 11 is 5.70. The van der Waals surface area contributed by atoms with Gasteiger partial charge in [-0.15, -0.1) is 0 Å². The van der Waals surface area contributed by atoms with Gasteiger partial charge in [-0.2, -0.15) is 0 Å². The molecule has 1 unspecified atom stereocenters. The molecule has 0 aromatic heterocycles. The van der Waals surface area contributed by atoms with E-state index in [9.17, 15) is 8.42 Å². The lowest BCUT2D eigenvalue weighted by atomic mass is 10.3. The monoisotopic (exact) mass is 265 g/mol. The zero-order valence-corrected chi connectivity index (χ0v) is 10.1. The standard InChI is InChI=1S/C9H12ClNO4S/c1-15-7-3-2-6(10)4-8(7)16(13,14)9(11)5-12/h2-4,9,12H,5,11H2,1H3. The number of methoxy groups -OCH3 is 1. The second kappa shape index (κ2) is 5.01. The first kappa shape index (κ1) is 13.2. The van der Waals surface area contributed by atoms with E-state index in [1.807, 2.05) is 0 Å². The van der Waals surface area contributed by atoms with Gasteiger partial charge in [-0.1, -0.05) is 11.6 Å². The molecule has 0 heterocycles. The molecule has 0 amide bonds. The Kier molecular flexibility index (Phi) is 4.15. The molecule has 0 bridgehead atoms. The number of nitrogens with two attached hydrogens (primary N) is 1. The van der Waals surface area contributed by atoms with Gasteiger partial charge in [0.05, 0.1) is 13.7 Å². The summed E-state index contributed by atoms with van der Waals surface area (Å²) in [5, 5.41) is 7.65. The number of aliphatic hydroxyl groups excluding tert-OH is 1. The second-order valence-electron chi connectivity index (χ2n) is 3.06. The molecule has 90 valence electrons. The zero-order valence-electron chi connectivity index (χ0n) is 8.55. The van der Waals surface area contributed by atoms with Crippen molar-refractivity contribution in [3.8, 4) is 5.75 Å². The van der Waals surface area contributed by atoms with Gasteiger partial charge in [0.1, 0.15) is 16.0 Å². The lowest BCUT2D eigenvalue weighted by Gasteiger charge is -2.13. The van der Waals surface area contributed by atoms with Crippen molar-refractivity contribution >= 4 is 21.4 Å². The van der Waals surface area contributed by atoms with E-state index in [1.165, 1.54) is 25.3 Å². The molecule has 0 saturated carbocycles. The molecule has 0 saturated heterocycles. The highest BCUT2D eigenvalue weighted by molar-refractivity contribution is 7.92. The molecule has 0 fully saturated rings. The molecule has 0 spiro atoms. The molecule has 0 aliphatic carbocycles. The minimum Gasteiger partial charge on any atom is -0.495 e. The third kappa shape index (κ3) is 2.46. The quantitative estimate of drug-likeness (QED) is 0.822. The second-order valence-corrected chi connectivity index (χ2v) is 5.63. The van der Waals surface area contributed by atoms with E-state index in [0.717, 1.165) is 0 Å². The van der Waals surface area contributed by atoms with Crippen LogP contribution < -0.4 is 10.5 Å². The highest BCUT2D eigenvalue weighted by Crippen LogP contribution is 2.28. The molecule has 1 atom stereocenters. The first-order valence-corrected chi connectivity index (χ1v) is 6.29. The predicted octanol–water partition coefficient (Wildman–Crippen LogP) is 0.399. The van der Waals surface area contributed by atoms with E-state index >= 15 is 0 Å². The molecular formula is C9H12ClNO4S. The maximum atomic E-state index is 11.9. The summed E-state index contributed by atoms with van der Waals surface area (Å²) in [7, 11) is -2.50. The zero-order chi connectivity index (χ0) is 12.3. The first-order valence-electron chi connectivity index (χ1n) is 4.37. The van der Waals surface area contributed by atoms with Crippen molar-refractivity contribution in [1.82, 2.24) is 0 Å². The van der Waals surface area contributed by atoms with Crippen LogP contribution in [0.3, 0.4) is 0 Å². The van der Waals surface area contributed by atoms with Gasteiger partial charge in [0.2, 0.25) is 0 Å². The lowest BCUT2D eigenvalue weighted by Crippen LogP contribution is -2.34. The predicted molar refractivity (Wildman–Crippen MR) is 60.3 cm³/mol. The third-order valence-corrected chi connectivity index (χ3v) is 4.12. The molecule has 5 nitrogen and oxygen atoms in total. The average molecular weight is 266 g/mol. The molecular weight excluding hydrogens is 254 g/mol. The van der Waals surface area contributed by atoms with Gasteiger partial charge >= 0.3 is 0 Å². The first-order chi connectivity index (χ1) is 7.43. The number of halogens is 1. The van der Waals surface area contributed by atoms with Crippen molar-refractivity contribution in [2.24, 2.45) is 5.73 Å². The van der Waals surface area contributed by atoms with Gasteiger partial charge in [0, 0.05) is 5.02 Å². The summed E-state index contributed by atoms with van der Waals surface area (Å²) in [6.45, 7) is -0.669. The Morgan fingerprint density at radius 1 is 1.56 bits per heavy atom. The normalized spacial score (nSPS) is 13.5. The van der Waals surface area contributed by atoms with E-state index in [2.05, 4.69) is 0 Å². The van der Waals surface area contributed by atoms with Gasteiger partial charge in [0.15, 0.2) is 9.84 Å². The van der Waals surface area contributed by atoms with E-state index in [1.54, 1.807) is 0 Å². The van der Waals surface area contributed by atoms with Crippen molar-refractivity contribution in [3.05, 3.63) is 23.2 Å². The molecule has 0 radical (unpaired) electrons. The van der Waals surface area contributed by atoms with Crippen molar-refractivity contribution < 1.29 is 18.3 Å². The minimum atomic E-state index is -3.84. The summed E-state index contributed by atoms with van der Waals surface area (Å²) in [5.74, 6) is 0.147. The molecule has 0 aliphatic rings. The van der Waals surface area contributed by atoms with Crippen LogP contribution in [0.1, 0.15) is 0 Å². The van der Waals surface area contributed by atoms with Crippen molar-refractivity contribution in [2.75, 3.05) is 13.7 Å². The van der Waals surface area contributed by atoms with Crippen LogP contribution in [0.15, 0.2) is 23.1 Å². The summed E-state index contributed by atoms with van der Waals surface area (Å²) in [6, 6.07) is 4.18. The molecule has 7 heteroatoms. The molecule has 1 rings (SSSR count). The van der Waals surface area contributed by atoms with Gasteiger partial charge in [-0.25, -0.2) is 8.42 Å². The maximum absolute atomic E-state index is 11.9. The number of hydrogen-bond donors (Lipinski definition) is 2. The van der Waals surface area contributed by atoms with Crippen LogP contribution >= 0.6 is 11.6 Å². The van der Waals surface area contributed by atoms with Gasteiger partial charge in [-0.3, -0.25) is 0 Å². The summed E-state index contributed by atoms with van der Waals surface area (Å²) in [4.78, 5) is -0.121. The summed E-state index contributed by atoms with van der Waals surface area (Å²) in [5.41, 5.74) is 5.32. The number of ether oxygens (including phenoxy) is 1. The maximum Gasteiger partial charge on any atom is 0.200 e. The number of aliphatic hydroxyl groups is 1. The highest BCUT2D eigenvalue weighted by Gasteiger charge is 2.26. The molecule has 16 heavy (non-hydrogen) atoms. The summed E-state index contributed by atoms with van der Waals surface area (Å²) < 4.78 is 28.6. The van der Waals surface area contributed by atoms with Gasteiger partial charge < -0.3 is 15.6 Å². The Balaban J connectivity index is 3.37. The Morgan fingerprint density at radius 2 is 2.19 bits per heavy atom. The van der Waals surface area contributed by atoms with Crippen LogP contribution in [0, 0.1) is 0 Å². The topological polar surface area (TPSA) is 89.6 Å². The van der Waals surface area contributed by atoms with E-state index in [0.29, 0.717) is 0 Å². The highest BCUT2D eigenvalue weighted by atomic mass is 35.5. The van der Waals surface area contributed by atoms with Gasteiger partial charge in [-0.05, 0) is 18.2 Å². The van der Waals surface area contributed by atoms with Crippen molar-refractivity contribution in [3.63, 3.8) is 0 Å². The van der Waals surface area contributed by atoms with Crippen LogP contribution in [0.25, 0.3) is 0 Å². The van der Waals surface area contributed by atoms with Gasteiger partial charge in [0.25, 0.3) is 0 Å². The Labute approximate surface area is 98.7 Å². The fraction of sp³-hybridized carbons (Fsp3) is 0.333. The van der Waals surface area contributed by atoms with E-state index < -0.39 is 21.8 Å². The molecule has 0 aliphatic heterocycles. The van der Waals surface area contributed by atoms with Crippen molar-refractivity contribution in [2.45, 2.75) is 10.3 Å². The number of sulfone groups is 1. The van der Waals surface area contributed by atoms with Crippen LogP contribution in [0.4, 0.5) is 0 Å². The van der Waals surface area contributed by atoms with Crippen molar-refractivity contribution in [1.29, 1.82) is 0 Å². The van der Waals surface area contributed by atoms with Crippen LogP contribution in [-0.4, -0.2) is 32.6 Å². The van der Waals surface area contributed by atoms with Crippen LogP contribution in [0.2, 0.25) is 5.02 Å². The fourth-order valence-electron chi connectivity index (χ4n) is 1.13. The molecule has 3 N–H and O–H groups in total. The minimum absolute atomic E-state index is 0.121. The number of rotatable bonds is 4. The van der Waals surface area contributed by atoms with E-state index in [4.69, 9.17) is 27.2 Å². The summed E-state index contributed by atoms with van der Waals surface area (Å²) in [6.07, 6.45) is 0. The molecule has 1 aromatic rings. The van der Waals surface area contributed by atoms with E-state index in [-0.39, 0.29) is 15.7 Å². The smallest absolute Gasteiger partial charge is 0.200 e. The Morgan fingerprint density at radius 3 is 2.69 bits per heavy atom.